The monoisotopic (exact) mass is 262 g/mol. The van der Waals surface area contributed by atoms with Gasteiger partial charge >= 0.3 is 0 Å². The van der Waals surface area contributed by atoms with Gasteiger partial charge in [-0.1, -0.05) is 6.07 Å². The normalized spacial score (nSPS) is 23.2. The summed E-state index contributed by atoms with van der Waals surface area (Å²) in [5.41, 5.74) is 0.359. The van der Waals surface area contributed by atoms with Crippen LogP contribution in [0.2, 0.25) is 0 Å². The Morgan fingerprint density at radius 3 is 2.53 bits per heavy atom. The van der Waals surface area contributed by atoms with Crippen LogP contribution in [-0.4, -0.2) is 27.8 Å². The highest BCUT2D eigenvalue weighted by molar-refractivity contribution is 5.95. The summed E-state index contributed by atoms with van der Waals surface area (Å²) < 4.78 is 0. The number of benzene rings is 1. The van der Waals surface area contributed by atoms with Crippen molar-refractivity contribution in [3.05, 3.63) is 39.9 Å². The van der Waals surface area contributed by atoms with E-state index in [1.807, 2.05) is 18.7 Å². The molecule has 0 unspecified atom stereocenters. The molecule has 5 heteroatoms. The van der Waals surface area contributed by atoms with Crippen molar-refractivity contribution in [3.8, 4) is 0 Å². The van der Waals surface area contributed by atoms with E-state index in [0.29, 0.717) is 5.56 Å². The molecule has 0 saturated carbocycles. The van der Waals surface area contributed by atoms with E-state index in [1.54, 1.807) is 12.1 Å². The predicted octanol–water partition coefficient (Wildman–Crippen LogP) is 3.00. The molecule has 0 N–H and O–H groups in total. The number of hydrogen-bond acceptors (Lipinski definition) is 3. The van der Waals surface area contributed by atoms with Gasteiger partial charge in [0.2, 0.25) is 0 Å². The molecule has 1 aliphatic heterocycles. The average molecular weight is 262 g/mol. The standard InChI is InChI=1S/C14H18N2O3/c1-10-5-3-6-11(2)15(10)14(17)12-7-4-8-13(9-12)16(18)19/h4,7-11H,3,5-6H2,1-2H3/t10-,11+. The van der Waals surface area contributed by atoms with Gasteiger partial charge in [-0.3, -0.25) is 14.9 Å². The Morgan fingerprint density at radius 2 is 1.95 bits per heavy atom. The minimum absolute atomic E-state index is 0.0387. The minimum Gasteiger partial charge on any atom is -0.333 e. The van der Waals surface area contributed by atoms with Gasteiger partial charge in [-0.2, -0.15) is 0 Å². The molecule has 2 rings (SSSR count). The number of nitro groups is 1. The maximum atomic E-state index is 12.5. The second-order valence-corrected chi connectivity index (χ2v) is 5.15. The summed E-state index contributed by atoms with van der Waals surface area (Å²) in [5, 5.41) is 10.8. The molecule has 0 aromatic heterocycles. The molecule has 0 bridgehead atoms. The molecular weight excluding hydrogens is 244 g/mol. The van der Waals surface area contributed by atoms with Crippen LogP contribution in [0.5, 0.6) is 0 Å². The fourth-order valence-electron chi connectivity index (χ4n) is 2.72. The topological polar surface area (TPSA) is 63.5 Å². The summed E-state index contributed by atoms with van der Waals surface area (Å²) in [6.45, 7) is 4.07. The summed E-state index contributed by atoms with van der Waals surface area (Å²) in [5.74, 6) is -0.108. The Hall–Kier alpha value is -1.91. The van der Waals surface area contributed by atoms with Crippen molar-refractivity contribution < 1.29 is 9.72 Å². The summed E-state index contributed by atoms with van der Waals surface area (Å²) >= 11 is 0. The molecule has 1 saturated heterocycles. The third-order valence-electron chi connectivity index (χ3n) is 3.73. The summed E-state index contributed by atoms with van der Waals surface area (Å²) in [6.07, 6.45) is 3.11. The summed E-state index contributed by atoms with van der Waals surface area (Å²) in [4.78, 5) is 24.6. The lowest BCUT2D eigenvalue weighted by Crippen LogP contribution is -2.47. The molecular formula is C14H18N2O3. The zero-order valence-electron chi connectivity index (χ0n) is 11.2. The Labute approximate surface area is 112 Å². The third kappa shape index (κ3) is 2.75. The van der Waals surface area contributed by atoms with E-state index in [4.69, 9.17) is 0 Å². The van der Waals surface area contributed by atoms with Crippen LogP contribution in [0.4, 0.5) is 5.69 Å². The van der Waals surface area contributed by atoms with Gasteiger partial charge in [0.05, 0.1) is 4.92 Å². The zero-order chi connectivity index (χ0) is 14.0. The fourth-order valence-corrected chi connectivity index (χ4v) is 2.72. The van der Waals surface area contributed by atoms with E-state index < -0.39 is 4.92 Å². The second-order valence-electron chi connectivity index (χ2n) is 5.15. The van der Waals surface area contributed by atoms with Gasteiger partial charge < -0.3 is 4.90 Å². The molecule has 0 radical (unpaired) electrons. The van der Waals surface area contributed by atoms with Crippen LogP contribution in [-0.2, 0) is 0 Å². The molecule has 1 heterocycles. The smallest absolute Gasteiger partial charge is 0.270 e. The largest absolute Gasteiger partial charge is 0.333 e. The highest BCUT2D eigenvalue weighted by Crippen LogP contribution is 2.25. The highest BCUT2D eigenvalue weighted by atomic mass is 16.6. The van der Waals surface area contributed by atoms with Gasteiger partial charge in [-0.05, 0) is 39.2 Å². The number of hydrogen-bond donors (Lipinski definition) is 0. The Kier molecular flexibility index (Phi) is 3.83. The van der Waals surface area contributed by atoms with Crippen LogP contribution in [0.1, 0.15) is 43.5 Å². The highest BCUT2D eigenvalue weighted by Gasteiger charge is 2.30. The van der Waals surface area contributed by atoms with Crippen LogP contribution in [0, 0.1) is 10.1 Å². The Morgan fingerprint density at radius 1 is 1.32 bits per heavy atom. The lowest BCUT2D eigenvalue weighted by molar-refractivity contribution is -0.384. The molecule has 19 heavy (non-hydrogen) atoms. The lowest BCUT2D eigenvalue weighted by Gasteiger charge is -2.39. The number of nitrogens with zero attached hydrogens (tertiary/aromatic N) is 2. The van der Waals surface area contributed by atoms with Crippen molar-refractivity contribution in [2.24, 2.45) is 0 Å². The number of likely N-dealkylation sites (tertiary alicyclic amines) is 1. The number of rotatable bonds is 2. The third-order valence-corrected chi connectivity index (χ3v) is 3.73. The molecule has 0 spiro atoms. The van der Waals surface area contributed by atoms with Crippen molar-refractivity contribution in [1.29, 1.82) is 0 Å². The van der Waals surface area contributed by atoms with E-state index in [0.717, 1.165) is 19.3 Å². The van der Waals surface area contributed by atoms with Crippen LogP contribution < -0.4 is 0 Å². The van der Waals surface area contributed by atoms with Crippen molar-refractivity contribution in [1.82, 2.24) is 4.90 Å². The first-order chi connectivity index (χ1) is 9.00. The van der Waals surface area contributed by atoms with Gasteiger partial charge in [0, 0.05) is 29.8 Å². The van der Waals surface area contributed by atoms with E-state index >= 15 is 0 Å². The fraction of sp³-hybridized carbons (Fsp3) is 0.500. The van der Waals surface area contributed by atoms with Gasteiger partial charge in [0.25, 0.3) is 11.6 Å². The van der Waals surface area contributed by atoms with Gasteiger partial charge in [0.1, 0.15) is 0 Å². The van der Waals surface area contributed by atoms with Crippen LogP contribution >= 0.6 is 0 Å². The number of amides is 1. The van der Waals surface area contributed by atoms with E-state index in [1.165, 1.54) is 12.1 Å². The maximum absolute atomic E-state index is 12.5. The number of carbonyl (C=O) groups is 1. The number of non-ortho nitro benzene ring substituents is 1. The quantitative estimate of drug-likeness (QED) is 0.608. The average Bonchev–Trinajstić information content (AvgIpc) is 2.38. The number of nitro benzene ring substituents is 1. The van der Waals surface area contributed by atoms with Crippen molar-refractivity contribution in [2.45, 2.75) is 45.2 Å². The maximum Gasteiger partial charge on any atom is 0.270 e. The molecule has 1 amide bonds. The SMILES string of the molecule is C[C@@H]1CCC[C@H](C)N1C(=O)c1cccc([N+](=O)[O-])c1. The number of carbonyl (C=O) groups excluding carboxylic acids is 1. The first kappa shape index (κ1) is 13.5. The van der Waals surface area contributed by atoms with Crippen LogP contribution in [0.15, 0.2) is 24.3 Å². The predicted molar refractivity (Wildman–Crippen MR) is 72.0 cm³/mol. The van der Waals surface area contributed by atoms with Gasteiger partial charge in [-0.15, -0.1) is 0 Å². The summed E-state index contributed by atoms with van der Waals surface area (Å²) in [6, 6.07) is 6.34. The van der Waals surface area contributed by atoms with Crippen molar-refractivity contribution in [3.63, 3.8) is 0 Å². The van der Waals surface area contributed by atoms with Gasteiger partial charge in [0.15, 0.2) is 0 Å². The Bertz CT molecular complexity index is 491. The molecule has 5 nitrogen and oxygen atoms in total. The van der Waals surface area contributed by atoms with Gasteiger partial charge in [-0.25, -0.2) is 0 Å². The van der Waals surface area contributed by atoms with Crippen molar-refractivity contribution >= 4 is 11.6 Å². The Balaban J connectivity index is 2.27. The van der Waals surface area contributed by atoms with Crippen LogP contribution in [0.25, 0.3) is 0 Å². The minimum atomic E-state index is -0.472. The van der Waals surface area contributed by atoms with E-state index in [9.17, 15) is 14.9 Å². The van der Waals surface area contributed by atoms with Crippen LogP contribution in [0.3, 0.4) is 0 Å². The molecule has 0 aliphatic carbocycles. The zero-order valence-corrected chi connectivity index (χ0v) is 11.2. The summed E-state index contributed by atoms with van der Waals surface area (Å²) in [7, 11) is 0. The molecule has 1 aliphatic rings. The molecule has 1 fully saturated rings. The van der Waals surface area contributed by atoms with E-state index in [2.05, 4.69) is 0 Å². The number of piperidine rings is 1. The lowest BCUT2D eigenvalue weighted by atomic mass is 9.96. The molecule has 1 aromatic rings. The molecule has 1 aromatic carbocycles. The first-order valence-corrected chi connectivity index (χ1v) is 6.58. The van der Waals surface area contributed by atoms with Crippen molar-refractivity contribution in [2.75, 3.05) is 0 Å². The van der Waals surface area contributed by atoms with E-state index in [-0.39, 0.29) is 23.7 Å². The molecule has 102 valence electrons. The second kappa shape index (κ2) is 5.38. The molecule has 2 atom stereocenters. The first-order valence-electron chi connectivity index (χ1n) is 6.58.